The molecule has 1 aromatic heterocycles. The summed E-state index contributed by atoms with van der Waals surface area (Å²) in [6.45, 7) is 1.95. The first kappa shape index (κ1) is 8.74. The second-order valence-electron chi connectivity index (χ2n) is 3.47. The van der Waals surface area contributed by atoms with Crippen LogP contribution < -0.4 is 5.59 Å². The molecule has 2 rings (SSSR count). The third-order valence-corrected chi connectivity index (χ3v) is 2.31. The van der Waals surface area contributed by atoms with Crippen LogP contribution in [0.2, 0.25) is 0 Å². The number of likely N-dealkylation sites (tertiary alicyclic amines) is 1. The number of nitrogens with zero attached hydrogens (tertiary/aromatic N) is 3. The lowest BCUT2D eigenvalue weighted by atomic mass is 9.87. The van der Waals surface area contributed by atoms with E-state index in [2.05, 4.69) is 10.00 Å². The topological polar surface area (TPSA) is 61.5 Å². The van der Waals surface area contributed by atoms with Gasteiger partial charge in [-0.3, -0.25) is 4.68 Å². The third kappa shape index (κ3) is 1.60. The number of likely N-dealkylation sites (N-methyl/N-ethyl adjacent to an activating group) is 1. The van der Waals surface area contributed by atoms with Gasteiger partial charge in [0.25, 0.3) is 0 Å². The van der Waals surface area contributed by atoms with E-state index in [1.165, 1.54) is 0 Å². The predicted molar refractivity (Wildman–Crippen MR) is 48.6 cm³/mol. The van der Waals surface area contributed by atoms with Gasteiger partial charge in [0.2, 0.25) is 0 Å². The zero-order chi connectivity index (χ0) is 9.42. The van der Waals surface area contributed by atoms with E-state index >= 15 is 0 Å². The van der Waals surface area contributed by atoms with Gasteiger partial charge in [0.15, 0.2) is 0 Å². The minimum absolute atomic E-state index is 0.314. The summed E-state index contributed by atoms with van der Waals surface area (Å²) in [4.78, 5) is 2.18. The molecule has 0 spiro atoms. The lowest BCUT2D eigenvalue weighted by molar-refractivity contribution is 0.131. The van der Waals surface area contributed by atoms with Crippen LogP contribution in [0.3, 0.4) is 0 Å². The normalized spacial score (nSPS) is 18.7. The number of rotatable bonds is 2. The molecule has 5 nitrogen and oxygen atoms in total. The van der Waals surface area contributed by atoms with Gasteiger partial charge in [-0.25, -0.2) is 0 Å². The van der Waals surface area contributed by atoms with Crippen LogP contribution in [0.5, 0.6) is 0 Å². The van der Waals surface area contributed by atoms with Crippen LogP contribution in [-0.4, -0.2) is 52.0 Å². The zero-order valence-corrected chi connectivity index (χ0v) is 7.46. The summed E-state index contributed by atoms with van der Waals surface area (Å²) in [6, 6.07) is 2.01. The van der Waals surface area contributed by atoms with E-state index < -0.39 is 7.12 Å². The quantitative estimate of drug-likeness (QED) is 0.520. The Morgan fingerprint density at radius 3 is 2.69 bits per heavy atom. The monoisotopic (exact) mass is 181 g/mol. The van der Waals surface area contributed by atoms with Crippen molar-refractivity contribution in [3.05, 3.63) is 12.3 Å². The molecule has 70 valence electrons. The van der Waals surface area contributed by atoms with Gasteiger partial charge in [0.05, 0.1) is 11.6 Å². The summed E-state index contributed by atoms with van der Waals surface area (Å²) in [5.41, 5.74) is 0.314. The van der Waals surface area contributed by atoms with Crippen LogP contribution >= 0.6 is 0 Å². The minimum atomic E-state index is -1.46. The SMILES string of the molecule is CN1CC(n2ccc(B(O)O)n2)C1. The van der Waals surface area contributed by atoms with E-state index in [1.807, 2.05) is 7.05 Å². The molecule has 1 aliphatic heterocycles. The van der Waals surface area contributed by atoms with Gasteiger partial charge in [-0.15, -0.1) is 0 Å². The van der Waals surface area contributed by atoms with E-state index in [1.54, 1.807) is 16.9 Å². The Morgan fingerprint density at radius 1 is 1.54 bits per heavy atom. The van der Waals surface area contributed by atoms with Crippen molar-refractivity contribution < 1.29 is 10.0 Å². The largest absolute Gasteiger partial charge is 0.510 e. The molecule has 0 saturated carbocycles. The summed E-state index contributed by atoms with van der Waals surface area (Å²) in [5, 5.41) is 21.7. The van der Waals surface area contributed by atoms with Crippen LogP contribution in [0.25, 0.3) is 0 Å². The predicted octanol–water partition coefficient (Wildman–Crippen LogP) is -1.95. The van der Waals surface area contributed by atoms with Crippen molar-refractivity contribution in [3.63, 3.8) is 0 Å². The molecular formula is C7H12BN3O2. The van der Waals surface area contributed by atoms with Crippen molar-refractivity contribution in [2.75, 3.05) is 20.1 Å². The van der Waals surface area contributed by atoms with Gasteiger partial charge in [-0.1, -0.05) is 0 Å². The fourth-order valence-electron chi connectivity index (χ4n) is 1.53. The van der Waals surface area contributed by atoms with E-state index in [-0.39, 0.29) is 0 Å². The highest BCUT2D eigenvalue weighted by atomic mass is 16.4. The molecule has 0 aliphatic carbocycles. The van der Waals surface area contributed by atoms with Crippen molar-refractivity contribution in [2.24, 2.45) is 0 Å². The van der Waals surface area contributed by atoms with Gasteiger partial charge < -0.3 is 14.9 Å². The average molecular weight is 181 g/mol. The highest BCUT2D eigenvalue weighted by Crippen LogP contribution is 2.16. The second kappa shape index (κ2) is 3.14. The second-order valence-corrected chi connectivity index (χ2v) is 3.47. The molecular weight excluding hydrogens is 169 g/mol. The van der Waals surface area contributed by atoms with Gasteiger partial charge in [-0.05, 0) is 13.1 Å². The fraction of sp³-hybridized carbons (Fsp3) is 0.571. The molecule has 0 unspecified atom stereocenters. The molecule has 0 bridgehead atoms. The molecule has 1 fully saturated rings. The first-order valence-corrected chi connectivity index (χ1v) is 4.26. The van der Waals surface area contributed by atoms with Gasteiger partial charge in [0.1, 0.15) is 0 Å². The van der Waals surface area contributed by atoms with Crippen molar-refractivity contribution in [1.29, 1.82) is 0 Å². The first-order valence-electron chi connectivity index (χ1n) is 4.26. The summed E-state index contributed by atoms with van der Waals surface area (Å²) in [6.07, 6.45) is 1.78. The fourth-order valence-corrected chi connectivity index (χ4v) is 1.53. The van der Waals surface area contributed by atoms with Crippen molar-refractivity contribution in [2.45, 2.75) is 6.04 Å². The van der Waals surface area contributed by atoms with Gasteiger partial charge in [-0.2, -0.15) is 5.10 Å². The van der Waals surface area contributed by atoms with E-state index in [4.69, 9.17) is 10.0 Å². The van der Waals surface area contributed by atoms with Gasteiger partial charge >= 0.3 is 7.12 Å². The molecule has 2 heterocycles. The molecule has 2 N–H and O–H groups in total. The molecule has 13 heavy (non-hydrogen) atoms. The Morgan fingerprint density at radius 2 is 2.23 bits per heavy atom. The molecule has 0 radical (unpaired) electrons. The minimum Gasteiger partial charge on any atom is -0.422 e. The molecule has 1 aliphatic rings. The van der Waals surface area contributed by atoms with E-state index in [9.17, 15) is 0 Å². The number of hydrogen-bond acceptors (Lipinski definition) is 4. The third-order valence-electron chi connectivity index (χ3n) is 2.31. The van der Waals surface area contributed by atoms with Crippen LogP contribution in [0, 0.1) is 0 Å². The molecule has 0 atom stereocenters. The molecule has 0 aromatic carbocycles. The zero-order valence-electron chi connectivity index (χ0n) is 7.46. The molecule has 1 aromatic rings. The maximum Gasteiger partial charge on any atom is 0.510 e. The highest BCUT2D eigenvalue weighted by molar-refractivity contribution is 6.57. The van der Waals surface area contributed by atoms with Crippen LogP contribution in [0.15, 0.2) is 12.3 Å². The molecule has 0 amide bonds. The van der Waals surface area contributed by atoms with Gasteiger partial charge in [0, 0.05) is 19.3 Å². The average Bonchev–Trinajstić information content (AvgIpc) is 2.46. The van der Waals surface area contributed by atoms with Crippen LogP contribution in [-0.2, 0) is 0 Å². The summed E-state index contributed by atoms with van der Waals surface area (Å²) in [7, 11) is 0.584. The molecule has 1 saturated heterocycles. The van der Waals surface area contributed by atoms with E-state index in [0.29, 0.717) is 11.6 Å². The van der Waals surface area contributed by atoms with Crippen molar-refractivity contribution in [1.82, 2.24) is 14.7 Å². The Balaban J connectivity index is 2.06. The Hall–Kier alpha value is -0.845. The standard InChI is InChI=1S/C7H12BN3O2/c1-10-4-6(5-10)11-3-2-7(9-11)8(12)13/h2-3,6,12-13H,4-5H2,1H3. The summed E-state index contributed by atoms with van der Waals surface area (Å²) < 4.78 is 1.79. The Kier molecular flexibility index (Phi) is 2.11. The summed E-state index contributed by atoms with van der Waals surface area (Å²) >= 11 is 0. The lowest BCUT2D eigenvalue weighted by Gasteiger charge is -2.36. The van der Waals surface area contributed by atoms with Crippen LogP contribution in [0.4, 0.5) is 0 Å². The highest BCUT2D eigenvalue weighted by Gasteiger charge is 2.26. The lowest BCUT2D eigenvalue weighted by Crippen LogP contribution is -2.45. The Bertz CT molecular complexity index is 296. The maximum atomic E-state index is 8.83. The van der Waals surface area contributed by atoms with E-state index in [0.717, 1.165) is 13.1 Å². The smallest absolute Gasteiger partial charge is 0.422 e. The van der Waals surface area contributed by atoms with Crippen molar-refractivity contribution in [3.8, 4) is 0 Å². The Labute approximate surface area is 76.7 Å². The first-order chi connectivity index (χ1) is 6.16. The molecule has 6 heteroatoms. The van der Waals surface area contributed by atoms with Crippen molar-refractivity contribution >= 4 is 12.7 Å². The number of hydrogen-bond donors (Lipinski definition) is 2. The van der Waals surface area contributed by atoms with Crippen LogP contribution in [0.1, 0.15) is 6.04 Å². The summed E-state index contributed by atoms with van der Waals surface area (Å²) in [5.74, 6) is 0. The number of aromatic nitrogens is 2. The maximum absolute atomic E-state index is 8.83.